The highest BCUT2D eigenvalue weighted by Gasteiger charge is 2.32. The van der Waals surface area contributed by atoms with Crippen molar-refractivity contribution in [2.45, 2.75) is 6.42 Å². The van der Waals surface area contributed by atoms with Crippen LogP contribution >= 0.6 is 24.0 Å². The van der Waals surface area contributed by atoms with E-state index in [1.165, 1.54) is 16.7 Å². The van der Waals surface area contributed by atoms with Gasteiger partial charge in [0.15, 0.2) is 0 Å². The molecule has 0 aliphatic carbocycles. The highest BCUT2D eigenvalue weighted by atomic mass is 32.2. The first-order chi connectivity index (χ1) is 14.5. The van der Waals surface area contributed by atoms with Crippen LogP contribution in [0.1, 0.15) is 22.3 Å². The van der Waals surface area contributed by atoms with Crippen molar-refractivity contribution in [3.05, 3.63) is 70.6 Å². The van der Waals surface area contributed by atoms with E-state index in [9.17, 15) is 14.4 Å². The number of carbonyl (C=O) groups is 3. The van der Waals surface area contributed by atoms with Crippen LogP contribution in [0.3, 0.4) is 0 Å². The zero-order valence-corrected chi connectivity index (χ0v) is 17.7. The lowest BCUT2D eigenvalue weighted by Crippen LogP contribution is -2.43. The Hall–Kier alpha value is -3.17. The Kier molecular flexibility index (Phi) is 7.21. The number of ether oxygens (including phenoxy) is 1. The van der Waals surface area contributed by atoms with Gasteiger partial charge in [-0.1, -0.05) is 60.4 Å². The minimum absolute atomic E-state index is 0.0105. The first-order valence-electron chi connectivity index (χ1n) is 9.02. The second kappa shape index (κ2) is 10.0. The molecule has 30 heavy (non-hydrogen) atoms. The summed E-state index contributed by atoms with van der Waals surface area (Å²) in [5.41, 5.74) is 5.88. The quantitative estimate of drug-likeness (QED) is 0.407. The van der Waals surface area contributed by atoms with Gasteiger partial charge in [0, 0.05) is 24.1 Å². The monoisotopic (exact) mass is 441 g/mol. The molecule has 1 aliphatic heterocycles. The van der Waals surface area contributed by atoms with Crippen LogP contribution in [0.15, 0.2) is 59.5 Å². The summed E-state index contributed by atoms with van der Waals surface area (Å²) in [5.74, 6) is -0.468. The van der Waals surface area contributed by atoms with E-state index in [0.29, 0.717) is 20.5 Å². The van der Waals surface area contributed by atoms with Gasteiger partial charge in [-0.3, -0.25) is 30.1 Å². The molecule has 0 atom stereocenters. The van der Waals surface area contributed by atoms with Gasteiger partial charge in [0.25, 0.3) is 11.8 Å². The predicted molar refractivity (Wildman–Crippen MR) is 120 cm³/mol. The number of nitrogens with zero attached hydrogens (tertiary/aromatic N) is 1. The van der Waals surface area contributed by atoms with E-state index in [1.807, 2.05) is 18.2 Å². The Bertz CT molecular complexity index is 1010. The molecule has 0 bridgehead atoms. The van der Waals surface area contributed by atoms with Gasteiger partial charge in [-0.25, -0.2) is 0 Å². The molecule has 0 spiro atoms. The molecule has 0 radical (unpaired) electrons. The third-order valence-electron chi connectivity index (χ3n) is 4.21. The predicted octanol–water partition coefficient (Wildman–Crippen LogP) is 2.75. The van der Waals surface area contributed by atoms with Crippen LogP contribution in [0.25, 0.3) is 6.08 Å². The molecule has 2 aromatic rings. The van der Waals surface area contributed by atoms with Crippen LogP contribution in [-0.2, 0) is 9.59 Å². The molecule has 9 heteroatoms. The number of hydrazine groups is 1. The van der Waals surface area contributed by atoms with Gasteiger partial charge in [0.2, 0.25) is 5.91 Å². The number of rotatable bonds is 6. The number of benzene rings is 2. The summed E-state index contributed by atoms with van der Waals surface area (Å²) in [7, 11) is 1.56. The Morgan fingerprint density at radius 1 is 1.10 bits per heavy atom. The van der Waals surface area contributed by atoms with Gasteiger partial charge in [-0.05, 0) is 24.3 Å². The van der Waals surface area contributed by atoms with Crippen LogP contribution < -0.4 is 15.6 Å². The van der Waals surface area contributed by atoms with Crippen molar-refractivity contribution in [1.82, 2.24) is 15.8 Å². The number of carbonyl (C=O) groups excluding carboxylic acids is 3. The molecule has 1 heterocycles. The smallest absolute Gasteiger partial charge is 0.269 e. The number of nitrogens with one attached hydrogen (secondary N) is 2. The van der Waals surface area contributed by atoms with Gasteiger partial charge in [0.1, 0.15) is 10.1 Å². The first-order valence-corrected chi connectivity index (χ1v) is 10.2. The standard InChI is InChI=1S/C21H19N3O4S2/c1-28-16-10-6-5-9-15(16)13-17-20(27)24(21(29)30-17)12-11-18(25)22-23-19(26)14-7-3-2-4-8-14/h2-10,13H,11-12H2,1H3,(H,22,25)(H,23,26). The molecule has 0 saturated carbocycles. The van der Waals surface area contributed by atoms with E-state index in [4.69, 9.17) is 17.0 Å². The lowest BCUT2D eigenvalue weighted by atomic mass is 10.2. The number of thiocarbonyl (C=S) groups is 1. The maximum atomic E-state index is 12.7. The highest BCUT2D eigenvalue weighted by Crippen LogP contribution is 2.34. The molecule has 1 fully saturated rings. The van der Waals surface area contributed by atoms with Crippen molar-refractivity contribution in [3.63, 3.8) is 0 Å². The van der Waals surface area contributed by atoms with Gasteiger partial charge in [-0.2, -0.15) is 0 Å². The largest absolute Gasteiger partial charge is 0.496 e. The molecule has 1 saturated heterocycles. The third-order valence-corrected chi connectivity index (χ3v) is 5.59. The van der Waals surface area contributed by atoms with E-state index < -0.39 is 11.8 Å². The van der Waals surface area contributed by atoms with E-state index in [-0.39, 0.29) is 18.9 Å². The average molecular weight is 442 g/mol. The van der Waals surface area contributed by atoms with Gasteiger partial charge in [-0.15, -0.1) is 0 Å². The summed E-state index contributed by atoms with van der Waals surface area (Å²) in [4.78, 5) is 38.5. The number of hydrogen-bond acceptors (Lipinski definition) is 6. The zero-order chi connectivity index (χ0) is 21.5. The van der Waals surface area contributed by atoms with Crippen LogP contribution in [0.2, 0.25) is 0 Å². The topological polar surface area (TPSA) is 87.7 Å². The zero-order valence-electron chi connectivity index (χ0n) is 16.1. The second-order valence-corrected chi connectivity index (χ2v) is 7.87. The van der Waals surface area contributed by atoms with Crippen molar-refractivity contribution in [3.8, 4) is 5.75 Å². The van der Waals surface area contributed by atoms with E-state index in [0.717, 1.165) is 5.56 Å². The molecular formula is C21H19N3O4S2. The Balaban J connectivity index is 1.55. The summed E-state index contributed by atoms with van der Waals surface area (Å²) < 4.78 is 5.68. The van der Waals surface area contributed by atoms with Crippen LogP contribution in [0.4, 0.5) is 0 Å². The molecule has 2 N–H and O–H groups in total. The SMILES string of the molecule is COc1ccccc1C=C1SC(=S)N(CCC(=O)NNC(=O)c2ccccc2)C1=O. The molecule has 3 rings (SSSR count). The van der Waals surface area contributed by atoms with Crippen molar-refractivity contribution in [1.29, 1.82) is 0 Å². The minimum Gasteiger partial charge on any atom is -0.496 e. The van der Waals surface area contributed by atoms with Gasteiger partial charge >= 0.3 is 0 Å². The molecule has 0 unspecified atom stereocenters. The Morgan fingerprint density at radius 3 is 2.53 bits per heavy atom. The molecule has 154 valence electrons. The fraction of sp³-hybridized carbons (Fsp3) is 0.143. The Morgan fingerprint density at radius 2 is 1.80 bits per heavy atom. The second-order valence-electron chi connectivity index (χ2n) is 6.19. The maximum Gasteiger partial charge on any atom is 0.269 e. The number of thioether (sulfide) groups is 1. The van der Waals surface area contributed by atoms with E-state index in [2.05, 4.69) is 10.9 Å². The number of methoxy groups -OCH3 is 1. The van der Waals surface area contributed by atoms with Crippen molar-refractivity contribution >= 4 is 52.1 Å². The summed E-state index contributed by atoms with van der Waals surface area (Å²) in [6, 6.07) is 15.9. The van der Waals surface area contributed by atoms with Crippen molar-refractivity contribution in [2.24, 2.45) is 0 Å². The summed E-state index contributed by atoms with van der Waals surface area (Å²) in [6.45, 7) is 0.112. The molecule has 3 amide bonds. The fourth-order valence-corrected chi connectivity index (χ4v) is 3.98. The van der Waals surface area contributed by atoms with E-state index >= 15 is 0 Å². The number of para-hydroxylation sites is 1. The Labute approximate surface area is 183 Å². The lowest BCUT2D eigenvalue weighted by Gasteiger charge is -2.14. The van der Waals surface area contributed by atoms with Gasteiger partial charge in [0.05, 0.1) is 12.0 Å². The number of hydrogen-bond donors (Lipinski definition) is 2. The van der Waals surface area contributed by atoms with Crippen molar-refractivity contribution in [2.75, 3.05) is 13.7 Å². The fourth-order valence-electron chi connectivity index (χ4n) is 2.68. The molecular weight excluding hydrogens is 422 g/mol. The third kappa shape index (κ3) is 5.25. The molecule has 1 aliphatic rings. The number of amides is 3. The summed E-state index contributed by atoms with van der Waals surface area (Å²) in [5, 5.41) is 0. The summed E-state index contributed by atoms with van der Waals surface area (Å²) in [6.07, 6.45) is 1.71. The van der Waals surface area contributed by atoms with Crippen LogP contribution in [0.5, 0.6) is 5.75 Å². The first kappa shape index (κ1) is 21.5. The normalized spacial score (nSPS) is 14.7. The van der Waals surface area contributed by atoms with Crippen LogP contribution in [-0.4, -0.2) is 40.6 Å². The summed E-state index contributed by atoms with van der Waals surface area (Å²) >= 11 is 6.46. The van der Waals surface area contributed by atoms with E-state index in [1.54, 1.807) is 49.6 Å². The van der Waals surface area contributed by atoms with Crippen molar-refractivity contribution < 1.29 is 19.1 Å². The maximum absolute atomic E-state index is 12.7. The molecule has 7 nitrogen and oxygen atoms in total. The lowest BCUT2D eigenvalue weighted by molar-refractivity contribution is -0.124. The molecule has 2 aromatic carbocycles. The highest BCUT2D eigenvalue weighted by molar-refractivity contribution is 8.26. The average Bonchev–Trinajstić information content (AvgIpc) is 3.03. The van der Waals surface area contributed by atoms with Crippen LogP contribution in [0, 0.1) is 0 Å². The molecule has 0 aromatic heterocycles. The minimum atomic E-state index is -0.429. The van der Waals surface area contributed by atoms with Gasteiger partial charge < -0.3 is 4.74 Å².